The molecule has 0 unspecified atom stereocenters. The second-order valence-corrected chi connectivity index (χ2v) is 4.66. The number of ether oxygens (including phenoxy) is 1. The number of rotatable bonds is 4. The van der Waals surface area contributed by atoms with Gasteiger partial charge in [-0.15, -0.1) is 0 Å². The summed E-state index contributed by atoms with van der Waals surface area (Å²) in [7, 11) is 0. The second-order valence-electron chi connectivity index (χ2n) is 4.66. The summed E-state index contributed by atoms with van der Waals surface area (Å²) in [6.45, 7) is 2.34. The van der Waals surface area contributed by atoms with E-state index in [0.717, 1.165) is 22.4 Å². The van der Waals surface area contributed by atoms with Gasteiger partial charge < -0.3 is 9.84 Å². The van der Waals surface area contributed by atoms with Crippen molar-refractivity contribution in [2.45, 2.75) is 20.0 Å². The molecule has 108 valence electrons. The Morgan fingerprint density at radius 3 is 2.57 bits per heavy atom. The van der Waals surface area contributed by atoms with Crippen LogP contribution in [0.2, 0.25) is 0 Å². The average Bonchev–Trinajstić information content (AvgIpc) is 2.48. The van der Waals surface area contributed by atoms with E-state index in [1.807, 2.05) is 31.2 Å². The number of halogens is 1. The molecule has 21 heavy (non-hydrogen) atoms. The first-order chi connectivity index (χ1) is 10.2. The van der Waals surface area contributed by atoms with Crippen molar-refractivity contribution in [3.05, 3.63) is 65.0 Å². The van der Waals surface area contributed by atoms with E-state index in [9.17, 15) is 4.39 Å². The number of aliphatic hydroxyl groups is 1. The molecule has 0 saturated heterocycles. The van der Waals surface area contributed by atoms with Crippen molar-refractivity contribution >= 4 is 0 Å². The quantitative estimate of drug-likeness (QED) is 0.871. The van der Waals surface area contributed by atoms with Crippen molar-refractivity contribution in [3.8, 4) is 17.6 Å². The molecule has 0 amide bonds. The first kappa shape index (κ1) is 15.1. The van der Waals surface area contributed by atoms with E-state index >= 15 is 0 Å². The highest BCUT2D eigenvalue weighted by Gasteiger charge is 2.01. The van der Waals surface area contributed by atoms with Gasteiger partial charge in [-0.1, -0.05) is 17.9 Å². The standard InChI is InChI=1S/C18H17FO2/c1-14-12-17(19)8-7-16(14)13-21-18-9-5-15(6-10-18)4-2-3-11-20/h5-10,12,20H,3,11,13H2,1H3. The number of hydrogen-bond acceptors (Lipinski definition) is 2. The van der Waals surface area contributed by atoms with Gasteiger partial charge in [0.05, 0.1) is 6.61 Å². The molecule has 2 aromatic rings. The molecule has 0 aliphatic heterocycles. The number of aryl methyl sites for hydroxylation is 1. The summed E-state index contributed by atoms with van der Waals surface area (Å²) in [5, 5.41) is 8.66. The molecule has 0 radical (unpaired) electrons. The van der Waals surface area contributed by atoms with Gasteiger partial charge in [0.1, 0.15) is 18.2 Å². The second kappa shape index (κ2) is 7.47. The zero-order valence-electron chi connectivity index (χ0n) is 11.9. The van der Waals surface area contributed by atoms with E-state index < -0.39 is 0 Å². The minimum atomic E-state index is -0.234. The maximum atomic E-state index is 13.0. The monoisotopic (exact) mass is 284 g/mol. The van der Waals surface area contributed by atoms with E-state index in [-0.39, 0.29) is 12.4 Å². The molecule has 0 aliphatic rings. The van der Waals surface area contributed by atoms with Crippen LogP contribution in [-0.2, 0) is 6.61 Å². The fourth-order valence-electron chi connectivity index (χ4n) is 1.84. The zero-order valence-corrected chi connectivity index (χ0v) is 11.9. The lowest BCUT2D eigenvalue weighted by Crippen LogP contribution is -1.98. The fraction of sp³-hybridized carbons (Fsp3) is 0.222. The van der Waals surface area contributed by atoms with E-state index in [1.165, 1.54) is 12.1 Å². The SMILES string of the molecule is Cc1cc(F)ccc1COc1ccc(C#CCCO)cc1. The Hall–Kier alpha value is -2.31. The van der Waals surface area contributed by atoms with Crippen molar-refractivity contribution < 1.29 is 14.2 Å². The molecule has 0 spiro atoms. The molecule has 2 nitrogen and oxygen atoms in total. The summed E-state index contributed by atoms with van der Waals surface area (Å²) in [5.41, 5.74) is 2.72. The highest BCUT2D eigenvalue weighted by atomic mass is 19.1. The van der Waals surface area contributed by atoms with Crippen molar-refractivity contribution in [1.29, 1.82) is 0 Å². The van der Waals surface area contributed by atoms with Crippen LogP contribution in [0.4, 0.5) is 4.39 Å². The molecule has 0 aliphatic carbocycles. The van der Waals surface area contributed by atoms with Crippen LogP contribution in [-0.4, -0.2) is 11.7 Å². The summed E-state index contributed by atoms with van der Waals surface area (Å²) < 4.78 is 18.7. The third-order valence-electron chi connectivity index (χ3n) is 3.02. The third kappa shape index (κ3) is 4.62. The van der Waals surface area contributed by atoms with Gasteiger partial charge in [-0.25, -0.2) is 4.39 Å². The number of hydrogen-bond donors (Lipinski definition) is 1. The van der Waals surface area contributed by atoms with E-state index in [0.29, 0.717) is 13.0 Å². The van der Waals surface area contributed by atoms with Crippen LogP contribution in [0.25, 0.3) is 0 Å². The van der Waals surface area contributed by atoms with Crippen LogP contribution >= 0.6 is 0 Å². The minimum Gasteiger partial charge on any atom is -0.489 e. The molecule has 0 aromatic heterocycles. The Morgan fingerprint density at radius 2 is 1.90 bits per heavy atom. The Kier molecular flexibility index (Phi) is 5.36. The Morgan fingerprint density at radius 1 is 1.14 bits per heavy atom. The average molecular weight is 284 g/mol. The first-order valence-corrected chi connectivity index (χ1v) is 6.76. The summed E-state index contributed by atoms with van der Waals surface area (Å²) in [4.78, 5) is 0. The molecular weight excluding hydrogens is 267 g/mol. The van der Waals surface area contributed by atoms with Crippen LogP contribution in [0.5, 0.6) is 5.75 Å². The lowest BCUT2D eigenvalue weighted by atomic mass is 10.1. The Bertz CT molecular complexity index is 651. The molecule has 3 heteroatoms. The van der Waals surface area contributed by atoms with Gasteiger partial charge in [0.15, 0.2) is 0 Å². The summed E-state index contributed by atoms with van der Waals surface area (Å²) in [6.07, 6.45) is 0.474. The molecule has 2 rings (SSSR count). The maximum absolute atomic E-state index is 13.0. The van der Waals surface area contributed by atoms with Gasteiger partial charge in [-0.05, 0) is 54.4 Å². The van der Waals surface area contributed by atoms with Crippen LogP contribution in [0, 0.1) is 24.6 Å². The van der Waals surface area contributed by atoms with Gasteiger partial charge in [0, 0.05) is 12.0 Å². The maximum Gasteiger partial charge on any atom is 0.123 e. The highest BCUT2D eigenvalue weighted by Crippen LogP contribution is 2.16. The molecule has 0 fully saturated rings. The third-order valence-corrected chi connectivity index (χ3v) is 3.02. The number of benzene rings is 2. The van der Waals surface area contributed by atoms with E-state index in [1.54, 1.807) is 6.07 Å². The lowest BCUT2D eigenvalue weighted by Gasteiger charge is -2.08. The van der Waals surface area contributed by atoms with Gasteiger partial charge in [-0.2, -0.15) is 0 Å². The van der Waals surface area contributed by atoms with Crippen LogP contribution < -0.4 is 4.74 Å². The van der Waals surface area contributed by atoms with Crippen molar-refractivity contribution in [1.82, 2.24) is 0 Å². The van der Waals surface area contributed by atoms with Crippen LogP contribution in [0.15, 0.2) is 42.5 Å². The van der Waals surface area contributed by atoms with Gasteiger partial charge >= 0.3 is 0 Å². The molecule has 0 saturated carbocycles. The Balaban J connectivity index is 1.96. The summed E-state index contributed by atoms with van der Waals surface area (Å²) >= 11 is 0. The molecule has 0 atom stereocenters. The van der Waals surface area contributed by atoms with Crippen molar-refractivity contribution in [2.24, 2.45) is 0 Å². The largest absolute Gasteiger partial charge is 0.489 e. The molecule has 1 N–H and O–H groups in total. The summed E-state index contributed by atoms with van der Waals surface area (Å²) in [5.74, 6) is 6.33. The van der Waals surface area contributed by atoms with Crippen LogP contribution in [0.3, 0.4) is 0 Å². The lowest BCUT2D eigenvalue weighted by molar-refractivity contribution is 0.305. The molecular formula is C18H17FO2. The van der Waals surface area contributed by atoms with Crippen molar-refractivity contribution in [3.63, 3.8) is 0 Å². The van der Waals surface area contributed by atoms with Gasteiger partial charge in [-0.3, -0.25) is 0 Å². The molecule has 0 heterocycles. The smallest absolute Gasteiger partial charge is 0.123 e. The van der Waals surface area contributed by atoms with E-state index in [2.05, 4.69) is 11.8 Å². The van der Waals surface area contributed by atoms with Crippen molar-refractivity contribution in [2.75, 3.05) is 6.61 Å². The van der Waals surface area contributed by atoms with Gasteiger partial charge in [0.2, 0.25) is 0 Å². The van der Waals surface area contributed by atoms with E-state index in [4.69, 9.17) is 9.84 Å². The minimum absolute atomic E-state index is 0.0746. The predicted octanol–water partition coefficient (Wildman–Crippen LogP) is 3.45. The first-order valence-electron chi connectivity index (χ1n) is 6.76. The normalized spacial score (nSPS) is 9.86. The Labute approximate surface area is 124 Å². The predicted molar refractivity (Wildman–Crippen MR) is 80.5 cm³/mol. The highest BCUT2D eigenvalue weighted by molar-refractivity contribution is 5.38. The van der Waals surface area contributed by atoms with Gasteiger partial charge in [0.25, 0.3) is 0 Å². The summed E-state index contributed by atoms with van der Waals surface area (Å²) in [6, 6.07) is 12.1. The number of aliphatic hydroxyl groups excluding tert-OH is 1. The zero-order chi connectivity index (χ0) is 15.1. The topological polar surface area (TPSA) is 29.5 Å². The molecule has 2 aromatic carbocycles. The fourth-order valence-corrected chi connectivity index (χ4v) is 1.84. The molecule has 0 bridgehead atoms. The van der Waals surface area contributed by atoms with Crippen LogP contribution in [0.1, 0.15) is 23.1 Å².